The number of aryl methyl sites for hydroxylation is 1. The molecule has 20 heavy (non-hydrogen) atoms. The van der Waals surface area contributed by atoms with E-state index >= 15 is 0 Å². The smallest absolute Gasteiger partial charge is 0.183 e. The summed E-state index contributed by atoms with van der Waals surface area (Å²) in [6.07, 6.45) is 1.67. The molecule has 0 aromatic carbocycles. The lowest BCUT2D eigenvalue weighted by molar-refractivity contribution is 0.581. The van der Waals surface area contributed by atoms with Gasteiger partial charge in [0.1, 0.15) is 0 Å². The van der Waals surface area contributed by atoms with Crippen LogP contribution in [0.15, 0.2) is 28.2 Å². The van der Waals surface area contributed by atoms with Gasteiger partial charge in [0.05, 0.1) is 22.5 Å². The third-order valence-corrected chi connectivity index (χ3v) is 4.65. The predicted molar refractivity (Wildman–Crippen MR) is 84.4 cm³/mol. The van der Waals surface area contributed by atoms with Gasteiger partial charge >= 0.3 is 0 Å². The van der Waals surface area contributed by atoms with E-state index in [-0.39, 0.29) is 0 Å². The highest BCUT2D eigenvalue weighted by atomic mass is 32.1. The first-order valence-corrected chi connectivity index (χ1v) is 8.07. The van der Waals surface area contributed by atoms with Gasteiger partial charge in [0.2, 0.25) is 0 Å². The Hall–Kier alpha value is -1.66. The lowest BCUT2D eigenvalue weighted by atomic mass is 10.3. The van der Waals surface area contributed by atoms with Crippen molar-refractivity contribution in [2.24, 2.45) is 0 Å². The summed E-state index contributed by atoms with van der Waals surface area (Å²) in [6.45, 7) is 6.22. The van der Waals surface area contributed by atoms with Gasteiger partial charge in [0.15, 0.2) is 15.9 Å². The molecule has 1 N–H and O–H groups in total. The molecule has 3 aromatic heterocycles. The van der Waals surface area contributed by atoms with Crippen LogP contribution in [0.25, 0.3) is 21.3 Å². The third-order valence-electron chi connectivity index (χ3n) is 2.68. The molecule has 6 heteroatoms. The van der Waals surface area contributed by atoms with Crippen molar-refractivity contribution >= 4 is 27.8 Å². The Labute approximate surface area is 125 Å². The number of furan rings is 1. The van der Waals surface area contributed by atoms with Gasteiger partial charge in [-0.1, -0.05) is 0 Å². The number of nitrogens with one attached hydrogen (secondary N) is 1. The molecule has 3 aromatic rings. The third kappa shape index (κ3) is 2.62. The van der Waals surface area contributed by atoms with Crippen LogP contribution in [-0.2, 0) is 0 Å². The van der Waals surface area contributed by atoms with Gasteiger partial charge in [0.25, 0.3) is 0 Å². The standard InChI is InChI=1S/C14H15N3OS2/c1-8(2)15-14-17-10(7-19-14)12-9(3)16-13(20-12)11-5-4-6-18-11/h4-8H,1-3H3,(H,15,17). The fourth-order valence-electron chi connectivity index (χ4n) is 1.83. The average molecular weight is 305 g/mol. The number of aromatic nitrogens is 2. The molecule has 0 unspecified atom stereocenters. The normalized spacial score (nSPS) is 11.2. The summed E-state index contributed by atoms with van der Waals surface area (Å²) in [7, 11) is 0. The first-order chi connectivity index (χ1) is 9.63. The van der Waals surface area contributed by atoms with E-state index < -0.39 is 0 Å². The summed E-state index contributed by atoms with van der Waals surface area (Å²) in [6, 6.07) is 4.18. The van der Waals surface area contributed by atoms with Gasteiger partial charge < -0.3 is 9.73 Å². The monoisotopic (exact) mass is 305 g/mol. The molecule has 0 saturated heterocycles. The van der Waals surface area contributed by atoms with Gasteiger partial charge in [0, 0.05) is 11.4 Å². The summed E-state index contributed by atoms with van der Waals surface area (Å²) in [5.41, 5.74) is 1.97. The summed E-state index contributed by atoms with van der Waals surface area (Å²) in [5, 5.41) is 7.23. The molecule has 0 bridgehead atoms. The molecule has 3 rings (SSSR count). The molecule has 0 aliphatic heterocycles. The molecule has 0 amide bonds. The van der Waals surface area contributed by atoms with Crippen molar-refractivity contribution in [1.82, 2.24) is 9.97 Å². The van der Waals surface area contributed by atoms with Gasteiger partial charge in [-0.3, -0.25) is 0 Å². The van der Waals surface area contributed by atoms with E-state index in [0.29, 0.717) is 6.04 Å². The Balaban J connectivity index is 1.92. The highest BCUT2D eigenvalue weighted by Crippen LogP contribution is 2.36. The van der Waals surface area contributed by atoms with Crippen LogP contribution < -0.4 is 5.32 Å². The molecule has 104 valence electrons. The second kappa shape index (κ2) is 5.38. The molecule has 4 nitrogen and oxygen atoms in total. The molecule has 0 atom stereocenters. The van der Waals surface area contributed by atoms with Crippen LogP contribution in [0.1, 0.15) is 19.5 Å². The van der Waals surface area contributed by atoms with Crippen molar-refractivity contribution in [3.8, 4) is 21.3 Å². The van der Waals surface area contributed by atoms with Crippen LogP contribution in [0.4, 0.5) is 5.13 Å². The zero-order chi connectivity index (χ0) is 14.1. The lowest BCUT2D eigenvalue weighted by Gasteiger charge is -2.04. The number of rotatable bonds is 4. The molecule has 0 fully saturated rings. The van der Waals surface area contributed by atoms with E-state index in [0.717, 1.165) is 32.2 Å². The largest absolute Gasteiger partial charge is 0.462 e. The van der Waals surface area contributed by atoms with Crippen molar-refractivity contribution in [3.63, 3.8) is 0 Å². The maximum absolute atomic E-state index is 5.40. The van der Waals surface area contributed by atoms with Crippen LogP contribution in [0, 0.1) is 6.92 Å². The maximum Gasteiger partial charge on any atom is 0.183 e. The zero-order valence-corrected chi connectivity index (χ0v) is 13.1. The maximum atomic E-state index is 5.40. The van der Waals surface area contributed by atoms with Crippen molar-refractivity contribution in [2.75, 3.05) is 5.32 Å². The van der Waals surface area contributed by atoms with Crippen LogP contribution in [0.2, 0.25) is 0 Å². The Bertz CT molecular complexity index is 698. The summed E-state index contributed by atoms with van der Waals surface area (Å²) in [5.74, 6) is 0.806. The van der Waals surface area contributed by atoms with Crippen LogP contribution >= 0.6 is 22.7 Å². The van der Waals surface area contributed by atoms with Gasteiger partial charge in [-0.05, 0) is 32.9 Å². The second-order valence-electron chi connectivity index (χ2n) is 4.75. The van der Waals surface area contributed by atoms with E-state index in [1.54, 1.807) is 28.9 Å². The zero-order valence-electron chi connectivity index (χ0n) is 11.5. The lowest BCUT2D eigenvalue weighted by Crippen LogP contribution is -2.08. The van der Waals surface area contributed by atoms with E-state index in [4.69, 9.17) is 4.42 Å². The first kappa shape index (κ1) is 13.3. The number of hydrogen-bond donors (Lipinski definition) is 1. The summed E-state index contributed by atoms with van der Waals surface area (Å²) < 4.78 is 5.40. The van der Waals surface area contributed by atoms with Crippen molar-refractivity contribution in [1.29, 1.82) is 0 Å². The van der Waals surface area contributed by atoms with Crippen molar-refractivity contribution in [2.45, 2.75) is 26.8 Å². The average Bonchev–Trinajstić information content (AvgIpc) is 3.07. The number of anilines is 1. The fraction of sp³-hybridized carbons (Fsp3) is 0.286. The Kier molecular flexibility index (Phi) is 3.58. The Morgan fingerprint density at radius 1 is 1.30 bits per heavy atom. The molecular formula is C14H15N3OS2. The van der Waals surface area contributed by atoms with Crippen LogP contribution in [0.5, 0.6) is 0 Å². The Morgan fingerprint density at radius 3 is 2.85 bits per heavy atom. The van der Waals surface area contributed by atoms with Crippen LogP contribution in [-0.4, -0.2) is 16.0 Å². The number of hydrogen-bond acceptors (Lipinski definition) is 6. The molecule has 0 aliphatic rings. The predicted octanol–water partition coefficient (Wildman–Crippen LogP) is 4.66. The quantitative estimate of drug-likeness (QED) is 0.762. The minimum Gasteiger partial charge on any atom is -0.462 e. The highest BCUT2D eigenvalue weighted by Gasteiger charge is 2.15. The summed E-state index contributed by atoms with van der Waals surface area (Å²) in [4.78, 5) is 10.3. The minimum absolute atomic E-state index is 0.384. The Morgan fingerprint density at radius 2 is 2.15 bits per heavy atom. The SMILES string of the molecule is Cc1nc(-c2ccco2)sc1-c1csc(NC(C)C)n1. The molecule has 0 saturated carbocycles. The number of thiazole rings is 2. The van der Waals surface area contributed by atoms with E-state index in [1.165, 1.54) is 0 Å². The van der Waals surface area contributed by atoms with Gasteiger partial charge in [-0.15, -0.1) is 22.7 Å². The molecule has 0 radical (unpaired) electrons. The molecular weight excluding hydrogens is 290 g/mol. The number of nitrogens with zero attached hydrogens (tertiary/aromatic N) is 2. The van der Waals surface area contributed by atoms with E-state index in [1.807, 2.05) is 19.1 Å². The highest BCUT2D eigenvalue weighted by molar-refractivity contribution is 7.19. The fourth-order valence-corrected chi connectivity index (χ4v) is 3.75. The topological polar surface area (TPSA) is 51.0 Å². The van der Waals surface area contributed by atoms with E-state index in [9.17, 15) is 0 Å². The minimum atomic E-state index is 0.384. The van der Waals surface area contributed by atoms with E-state index in [2.05, 4.69) is 34.5 Å². The molecule has 0 spiro atoms. The van der Waals surface area contributed by atoms with Gasteiger partial charge in [-0.2, -0.15) is 0 Å². The van der Waals surface area contributed by atoms with Crippen LogP contribution in [0.3, 0.4) is 0 Å². The van der Waals surface area contributed by atoms with Gasteiger partial charge in [-0.25, -0.2) is 9.97 Å². The van der Waals surface area contributed by atoms with Crippen molar-refractivity contribution in [3.05, 3.63) is 29.5 Å². The van der Waals surface area contributed by atoms with Crippen molar-refractivity contribution < 1.29 is 4.42 Å². The summed E-state index contributed by atoms with van der Waals surface area (Å²) >= 11 is 3.24. The second-order valence-corrected chi connectivity index (χ2v) is 6.60. The molecule has 0 aliphatic carbocycles. The first-order valence-electron chi connectivity index (χ1n) is 6.37. The molecule has 3 heterocycles.